The molecule has 70 valence electrons. The molecule has 1 rings (SSSR count). The van der Waals surface area contributed by atoms with E-state index < -0.39 is 0 Å². The molecule has 0 radical (unpaired) electrons. The first-order valence-electron chi connectivity index (χ1n) is 4.26. The normalized spacial score (nSPS) is 30.6. The summed E-state index contributed by atoms with van der Waals surface area (Å²) in [6, 6.07) is 0. The average molecular weight is 172 g/mol. The van der Waals surface area contributed by atoms with E-state index >= 15 is 0 Å². The SMILES string of the molecule is COC(C)(C)C1CCC(C=O)O1. The zero-order valence-electron chi connectivity index (χ0n) is 7.87. The van der Waals surface area contributed by atoms with Crippen molar-refractivity contribution in [2.75, 3.05) is 7.11 Å². The lowest BCUT2D eigenvalue weighted by Crippen LogP contribution is -2.38. The molecule has 2 unspecified atom stereocenters. The van der Waals surface area contributed by atoms with Crippen LogP contribution in [0.1, 0.15) is 26.7 Å². The Labute approximate surface area is 73.0 Å². The van der Waals surface area contributed by atoms with Gasteiger partial charge < -0.3 is 14.3 Å². The molecular weight excluding hydrogens is 156 g/mol. The van der Waals surface area contributed by atoms with Crippen molar-refractivity contribution >= 4 is 6.29 Å². The molecule has 12 heavy (non-hydrogen) atoms. The lowest BCUT2D eigenvalue weighted by molar-refractivity contribution is -0.129. The third-order valence-electron chi connectivity index (χ3n) is 2.51. The van der Waals surface area contributed by atoms with Crippen LogP contribution in [-0.4, -0.2) is 31.2 Å². The van der Waals surface area contributed by atoms with Crippen molar-refractivity contribution < 1.29 is 14.3 Å². The molecule has 1 aliphatic heterocycles. The Morgan fingerprint density at radius 3 is 2.58 bits per heavy atom. The fraction of sp³-hybridized carbons (Fsp3) is 0.889. The van der Waals surface area contributed by atoms with E-state index in [1.54, 1.807) is 7.11 Å². The Hall–Kier alpha value is -0.410. The van der Waals surface area contributed by atoms with Crippen molar-refractivity contribution in [3.05, 3.63) is 0 Å². The van der Waals surface area contributed by atoms with Gasteiger partial charge in [-0.3, -0.25) is 0 Å². The molecule has 1 aliphatic rings. The molecule has 3 nitrogen and oxygen atoms in total. The van der Waals surface area contributed by atoms with Crippen LogP contribution in [0.3, 0.4) is 0 Å². The highest BCUT2D eigenvalue weighted by Gasteiger charge is 2.36. The van der Waals surface area contributed by atoms with Gasteiger partial charge in [0.2, 0.25) is 0 Å². The van der Waals surface area contributed by atoms with E-state index in [1.165, 1.54) is 0 Å². The molecule has 0 bridgehead atoms. The van der Waals surface area contributed by atoms with Gasteiger partial charge in [-0.1, -0.05) is 0 Å². The van der Waals surface area contributed by atoms with Crippen molar-refractivity contribution in [2.45, 2.75) is 44.5 Å². The van der Waals surface area contributed by atoms with Crippen LogP contribution in [-0.2, 0) is 14.3 Å². The van der Waals surface area contributed by atoms with E-state index in [4.69, 9.17) is 9.47 Å². The van der Waals surface area contributed by atoms with Crippen molar-refractivity contribution in [1.82, 2.24) is 0 Å². The number of carbonyl (C=O) groups is 1. The van der Waals surface area contributed by atoms with Crippen molar-refractivity contribution in [2.24, 2.45) is 0 Å². The number of methoxy groups -OCH3 is 1. The van der Waals surface area contributed by atoms with Crippen LogP contribution >= 0.6 is 0 Å². The van der Waals surface area contributed by atoms with Crippen LogP contribution in [0, 0.1) is 0 Å². The number of hydrogen-bond donors (Lipinski definition) is 0. The Morgan fingerprint density at radius 1 is 1.50 bits per heavy atom. The van der Waals surface area contributed by atoms with Crippen LogP contribution < -0.4 is 0 Å². The van der Waals surface area contributed by atoms with Crippen LogP contribution in [0.2, 0.25) is 0 Å². The number of ether oxygens (including phenoxy) is 2. The zero-order chi connectivity index (χ0) is 9.19. The van der Waals surface area contributed by atoms with Crippen molar-refractivity contribution in [3.63, 3.8) is 0 Å². The molecule has 0 aromatic heterocycles. The van der Waals surface area contributed by atoms with Crippen molar-refractivity contribution in [3.8, 4) is 0 Å². The van der Waals surface area contributed by atoms with Crippen molar-refractivity contribution in [1.29, 1.82) is 0 Å². The molecule has 0 aliphatic carbocycles. The van der Waals surface area contributed by atoms with Gasteiger partial charge in [-0.15, -0.1) is 0 Å². The molecule has 1 fully saturated rings. The summed E-state index contributed by atoms with van der Waals surface area (Å²) in [6.45, 7) is 3.95. The highest BCUT2D eigenvalue weighted by atomic mass is 16.6. The van der Waals surface area contributed by atoms with Crippen LogP contribution in [0.4, 0.5) is 0 Å². The summed E-state index contributed by atoms with van der Waals surface area (Å²) < 4.78 is 10.7. The van der Waals surface area contributed by atoms with Crippen LogP contribution in [0.5, 0.6) is 0 Å². The van der Waals surface area contributed by atoms with Gasteiger partial charge in [0.25, 0.3) is 0 Å². The predicted molar refractivity (Wildman–Crippen MR) is 45.0 cm³/mol. The van der Waals surface area contributed by atoms with E-state index in [0.717, 1.165) is 19.1 Å². The second kappa shape index (κ2) is 3.54. The van der Waals surface area contributed by atoms with Gasteiger partial charge in [0.1, 0.15) is 12.4 Å². The molecular formula is C9H16O3. The molecule has 1 saturated heterocycles. The average Bonchev–Trinajstić information content (AvgIpc) is 2.52. The Morgan fingerprint density at radius 2 is 2.17 bits per heavy atom. The van der Waals surface area contributed by atoms with Gasteiger partial charge >= 0.3 is 0 Å². The minimum absolute atomic E-state index is 0.0534. The Balaban J connectivity index is 2.51. The van der Waals surface area contributed by atoms with Crippen LogP contribution in [0.15, 0.2) is 0 Å². The topological polar surface area (TPSA) is 35.5 Å². The molecule has 0 amide bonds. The molecule has 3 heteroatoms. The van der Waals surface area contributed by atoms with Gasteiger partial charge in [-0.25, -0.2) is 0 Å². The van der Waals surface area contributed by atoms with E-state index in [0.29, 0.717) is 0 Å². The lowest BCUT2D eigenvalue weighted by atomic mass is 9.99. The minimum atomic E-state index is -0.280. The first-order valence-corrected chi connectivity index (χ1v) is 4.26. The second-order valence-corrected chi connectivity index (χ2v) is 3.68. The molecule has 2 atom stereocenters. The summed E-state index contributed by atoms with van der Waals surface area (Å²) in [5.74, 6) is 0. The fourth-order valence-corrected chi connectivity index (χ4v) is 1.41. The summed E-state index contributed by atoms with van der Waals surface area (Å²) in [4.78, 5) is 10.4. The largest absolute Gasteiger partial charge is 0.376 e. The van der Waals surface area contributed by atoms with E-state index in [1.807, 2.05) is 13.8 Å². The first kappa shape index (κ1) is 9.68. The Bertz CT molecular complexity index is 165. The second-order valence-electron chi connectivity index (χ2n) is 3.68. The highest BCUT2D eigenvalue weighted by Crippen LogP contribution is 2.28. The highest BCUT2D eigenvalue weighted by molar-refractivity contribution is 5.56. The van der Waals surface area contributed by atoms with E-state index in [9.17, 15) is 4.79 Å². The summed E-state index contributed by atoms with van der Waals surface area (Å²) in [5.41, 5.74) is -0.280. The maximum absolute atomic E-state index is 10.4. The van der Waals surface area contributed by atoms with Gasteiger partial charge in [0, 0.05) is 7.11 Å². The maximum atomic E-state index is 10.4. The fourth-order valence-electron chi connectivity index (χ4n) is 1.41. The molecule has 0 aromatic carbocycles. The van der Waals surface area contributed by atoms with Gasteiger partial charge in [-0.2, -0.15) is 0 Å². The Kier molecular flexibility index (Phi) is 2.85. The number of hydrogen-bond acceptors (Lipinski definition) is 3. The molecule has 1 heterocycles. The standard InChI is InChI=1S/C9H16O3/c1-9(2,11-3)8-5-4-7(6-10)12-8/h6-8H,4-5H2,1-3H3. The monoisotopic (exact) mass is 172 g/mol. The molecule has 0 spiro atoms. The van der Waals surface area contributed by atoms with Gasteiger partial charge in [0.15, 0.2) is 0 Å². The number of carbonyl (C=O) groups excluding carboxylic acids is 1. The summed E-state index contributed by atoms with van der Waals surface area (Å²) in [6.07, 6.45) is 2.43. The lowest BCUT2D eigenvalue weighted by Gasteiger charge is -2.29. The number of rotatable bonds is 3. The third kappa shape index (κ3) is 1.84. The van der Waals surface area contributed by atoms with Crippen LogP contribution in [0.25, 0.3) is 0 Å². The minimum Gasteiger partial charge on any atom is -0.376 e. The zero-order valence-corrected chi connectivity index (χ0v) is 7.87. The quantitative estimate of drug-likeness (QED) is 0.599. The first-order chi connectivity index (χ1) is 5.60. The smallest absolute Gasteiger partial charge is 0.148 e. The summed E-state index contributed by atoms with van der Waals surface area (Å²) in [5, 5.41) is 0. The number of aldehydes is 1. The third-order valence-corrected chi connectivity index (χ3v) is 2.51. The molecule has 0 aromatic rings. The van der Waals surface area contributed by atoms with E-state index in [2.05, 4.69) is 0 Å². The molecule has 0 saturated carbocycles. The van der Waals surface area contributed by atoms with Gasteiger partial charge in [-0.05, 0) is 26.7 Å². The predicted octanol–water partition coefficient (Wildman–Crippen LogP) is 1.16. The molecule has 0 N–H and O–H groups in total. The van der Waals surface area contributed by atoms with E-state index in [-0.39, 0.29) is 17.8 Å². The van der Waals surface area contributed by atoms with Gasteiger partial charge in [0.05, 0.1) is 11.7 Å². The summed E-state index contributed by atoms with van der Waals surface area (Å²) in [7, 11) is 1.66. The maximum Gasteiger partial charge on any atom is 0.148 e. The summed E-state index contributed by atoms with van der Waals surface area (Å²) >= 11 is 0.